The first-order chi connectivity index (χ1) is 18.2. The number of nitrogens with one attached hydrogen (secondary N) is 2. The van der Waals surface area contributed by atoms with E-state index >= 15 is 0 Å². The summed E-state index contributed by atoms with van der Waals surface area (Å²) in [6, 6.07) is 14.5. The SMILES string of the molecule is CC(=O)Nc1ccc(-c2nc(C(S)c3cccc(CCC(=O)NCCCN(C)C)n3)nc(N)c2C#N)cc1. The van der Waals surface area contributed by atoms with Crippen LogP contribution in [0, 0.1) is 11.3 Å². The first-order valence-electron chi connectivity index (χ1n) is 12.2. The van der Waals surface area contributed by atoms with E-state index < -0.39 is 5.25 Å². The minimum absolute atomic E-state index is 0.0178. The lowest BCUT2D eigenvalue weighted by Crippen LogP contribution is -2.27. The van der Waals surface area contributed by atoms with E-state index in [2.05, 4.69) is 36.6 Å². The number of hydrogen-bond acceptors (Lipinski definition) is 9. The van der Waals surface area contributed by atoms with Crippen LogP contribution in [0.4, 0.5) is 11.5 Å². The molecule has 11 heteroatoms. The second-order valence-electron chi connectivity index (χ2n) is 9.02. The van der Waals surface area contributed by atoms with Crippen LogP contribution in [0.5, 0.6) is 0 Å². The smallest absolute Gasteiger partial charge is 0.221 e. The van der Waals surface area contributed by atoms with Gasteiger partial charge < -0.3 is 21.3 Å². The summed E-state index contributed by atoms with van der Waals surface area (Å²) in [6.07, 6.45) is 1.70. The van der Waals surface area contributed by atoms with Gasteiger partial charge >= 0.3 is 0 Å². The van der Waals surface area contributed by atoms with Crippen molar-refractivity contribution in [2.24, 2.45) is 0 Å². The fourth-order valence-electron chi connectivity index (χ4n) is 3.73. The highest BCUT2D eigenvalue weighted by Crippen LogP contribution is 2.31. The molecule has 0 saturated heterocycles. The van der Waals surface area contributed by atoms with Gasteiger partial charge in [-0.3, -0.25) is 14.6 Å². The molecule has 198 valence electrons. The molecule has 1 unspecified atom stereocenters. The van der Waals surface area contributed by atoms with Gasteiger partial charge in [-0.1, -0.05) is 18.2 Å². The molecule has 1 aromatic carbocycles. The monoisotopic (exact) mass is 532 g/mol. The highest BCUT2D eigenvalue weighted by Gasteiger charge is 2.21. The van der Waals surface area contributed by atoms with Crippen molar-refractivity contribution in [2.45, 2.75) is 31.4 Å². The number of aryl methyl sites for hydroxylation is 1. The van der Waals surface area contributed by atoms with Gasteiger partial charge in [-0.25, -0.2) is 9.97 Å². The Labute approximate surface area is 228 Å². The number of carbonyl (C=O) groups excluding carboxylic acids is 2. The van der Waals surface area contributed by atoms with E-state index in [9.17, 15) is 14.9 Å². The van der Waals surface area contributed by atoms with Crippen molar-refractivity contribution >= 4 is 35.9 Å². The van der Waals surface area contributed by atoms with Crippen LogP contribution < -0.4 is 16.4 Å². The molecule has 2 amide bonds. The van der Waals surface area contributed by atoms with Crippen LogP contribution in [-0.4, -0.2) is 58.9 Å². The third-order valence-electron chi connectivity index (χ3n) is 5.61. The molecule has 4 N–H and O–H groups in total. The first kappa shape index (κ1) is 28.6. The van der Waals surface area contributed by atoms with Crippen molar-refractivity contribution in [1.82, 2.24) is 25.2 Å². The predicted octanol–water partition coefficient (Wildman–Crippen LogP) is 2.97. The summed E-state index contributed by atoms with van der Waals surface area (Å²) in [7, 11) is 4.00. The van der Waals surface area contributed by atoms with E-state index in [0.29, 0.717) is 47.8 Å². The largest absolute Gasteiger partial charge is 0.382 e. The Morgan fingerprint density at radius 1 is 1.13 bits per heavy atom. The number of nitrogen functional groups attached to an aromatic ring is 1. The number of aromatic nitrogens is 3. The van der Waals surface area contributed by atoms with Gasteiger partial charge in [0.2, 0.25) is 11.8 Å². The zero-order valence-corrected chi connectivity index (χ0v) is 22.6. The van der Waals surface area contributed by atoms with E-state index in [-0.39, 0.29) is 23.2 Å². The Morgan fingerprint density at radius 2 is 1.87 bits per heavy atom. The summed E-state index contributed by atoms with van der Waals surface area (Å²) in [5.41, 5.74) is 9.27. The number of pyridine rings is 1. The topological polar surface area (TPSA) is 150 Å². The minimum atomic E-state index is -0.609. The quantitative estimate of drug-likeness (QED) is 0.217. The van der Waals surface area contributed by atoms with Gasteiger partial charge in [0.05, 0.1) is 11.4 Å². The number of hydrogen-bond donors (Lipinski definition) is 4. The Kier molecular flexibility index (Phi) is 10.2. The van der Waals surface area contributed by atoms with Crippen molar-refractivity contribution < 1.29 is 9.59 Å². The molecule has 3 aromatic rings. The Balaban J connectivity index is 1.76. The molecule has 0 radical (unpaired) electrons. The van der Waals surface area contributed by atoms with Crippen LogP contribution in [-0.2, 0) is 16.0 Å². The molecule has 10 nitrogen and oxygen atoms in total. The van der Waals surface area contributed by atoms with E-state index in [0.717, 1.165) is 18.7 Å². The molecule has 0 saturated carbocycles. The predicted molar refractivity (Wildman–Crippen MR) is 150 cm³/mol. The van der Waals surface area contributed by atoms with Crippen LogP contribution in [0.3, 0.4) is 0 Å². The number of benzene rings is 1. The lowest BCUT2D eigenvalue weighted by atomic mass is 10.1. The molecule has 0 aliphatic heterocycles. The van der Waals surface area contributed by atoms with Gasteiger partial charge in [0, 0.05) is 36.8 Å². The Hall–Kier alpha value is -4.01. The van der Waals surface area contributed by atoms with Crippen LogP contribution in [0.2, 0.25) is 0 Å². The number of amides is 2. The van der Waals surface area contributed by atoms with Gasteiger partial charge in [-0.15, -0.1) is 0 Å². The normalized spacial score (nSPS) is 11.6. The number of carbonyl (C=O) groups is 2. The summed E-state index contributed by atoms with van der Waals surface area (Å²) < 4.78 is 0. The van der Waals surface area contributed by atoms with E-state index in [1.807, 2.05) is 32.3 Å². The minimum Gasteiger partial charge on any atom is -0.382 e. The lowest BCUT2D eigenvalue weighted by Gasteiger charge is -2.14. The van der Waals surface area contributed by atoms with Crippen LogP contribution in [0.15, 0.2) is 42.5 Å². The molecule has 0 bridgehead atoms. The first-order valence-corrected chi connectivity index (χ1v) is 12.7. The molecular formula is C27H32N8O2S. The maximum absolute atomic E-state index is 12.2. The van der Waals surface area contributed by atoms with Crippen LogP contribution >= 0.6 is 12.6 Å². The van der Waals surface area contributed by atoms with Gasteiger partial charge in [-0.2, -0.15) is 17.9 Å². The summed E-state index contributed by atoms with van der Waals surface area (Å²) in [6.45, 7) is 2.98. The average molecular weight is 533 g/mol. The highest BCUT2D eigenvalue weighted by atomic mass is 32.1. The average Bonchev–Trinajstić information content (AvgIpc) is 2.89. The van der Waals surface area contributed by atoms with Crippen molar-refractivity contribution in [2.75, 3.05) is 38.2 Å². The second-order valence-corrected chi connectivity index (χ2v) is 9.54. The number of nitrogens with two attached hydrogens (primary N) is 1. The van der Waals surface area contributed by atoms with Crippen LogP contribution in [0.25, 0.3) is 11.3 Å². The summed E-state index contributed by atoms with van der Waals surface area (Å²) in [4.78, 5) is 39.2. The lowest BCUT2D eigenvalue weighted by molar-refractivity contribution is -0.121. The maximum atomic E-state index is 12.2. The molecule has 0 aliphatic rings. The summed E-state index contributed by atoms with van der Waals surface area (Å²) in [5.74, 6) is 0.140. The molecule has 0 spiro atoms. The zero-order valence-electron chi connectivity index (χ0n) is 21.7. The molecular weight excluding hydrogens is 500 g/mol. The fourth-order valence-corrected chi connectivity index (χ4v) is 3.99. The summed E-state index contributed by atoms with van der Waals surface area (Å²) >= 11 is 4.71. The van der Waals surface area contributed by atoms with Gasteiger partial charge in [0.1, 0.15) is 28.5 Å². The third kappa shape index (κ3) is 7.99. The van der Waals surface area contributed by atoms with Crippen LogP contribution in [0.1, 0.15) is 47.8 Å². The standard InChI is InChI=1S/C27H32N8O2S/c1-17(36)31-20-10-8-18(9-11-20)24-21(16-28)26(29)34-27(33-24)25(38)22-7-4-6-19(32-22)12-13-23(37)30-14-5-15-35(2)3/h4,6-11,25,38H,5,12-15H2,1-3H3,(H,30,37)(H,31,36)(H2,29,33,34). The fraction of sp³-hybridized carbons (Fsp3) is 0.333. The molecule has 2 aromatic heterocycles. The number of nitriles is 1. The number of anilines is 2. The number of rotatable bonds is 11. The number of thiol groups is 1. The molecule has 3 rings (SSSR count). The van der Waals surface area contributed by atoms with Gasteiger partial charge in [-0.05, 0) is 57.7 Å². The highest BCUT2D eigenvalue weighted by molar-refractivity contribution is 7.80. The maximum Gasteiger partial charge on any atom is 0.221 e. The molecule has 1 atom stereocenters. The van der Waals surface area contributed by atoms with E-state index in [1.165, 1.54) is 6.92 Å². The van der Waals surface area contributed by atoms with Gasteiger partial charge in [0.15, 0.2) is 0 Å². The Morgan fingerprint density at radius 3 is 2.53 bits per heavy atom. The zero-order chi connectivity index (χ0) is 27.7. The second kappa shape index (κ2) is 13.5. The van der Waals surface area contributed by atoms with Crippen molar-refractivity contribution in [3.8, 4) is 17.3 Å². The molecule has 0 fully saturated rings. The Bertz CT molecular complexity index is 1320. The van der Waals surface area contributed by atoms with Crippen molar-refractivity contribution in [3.05, 3.63) is 65.2 Å². The molecule has 0 aliphatic carbocycles. The van der Waals surface area contributed by atoms with Gasteiger partial charge in [0.25, 0.3) is 0 Å². The molecule has 38 heavy (non-hydrogen) atoms. The third-order valence-corrected chi connectivity index (χ3v) is 6.11. The summed E-state index contributed by atoms with van der Waals surface area (Å²) in [5, 5.41) is 14.7. The van der Waals surface area contributed by atoms with E-state index in [1.54, 1.807) is 24.3 Å². The van der Waals surface area contributed by atoms with E-state index in [4.69, 9.17) is 18.4 Å². The number of nitrogens with zero attached hydrogens (tertiary/aromatic N) is 5. The van der Waals surface area contributed by atoms with Crippen molar-refractivity contribution in [1.29, 1.82) is 5.26 Å². The molecule has 2 heterocycles. The van der Waals surface area contributed by atoms with Crippen molar-refractivity contribution in [3.63, 3.8) is 0 Å².